The molecule has 0 radical (unpaired) electrons. The summed E-state index contributed by atoms with van der Waals surface area (Å²) in [7, 11) is 0. The van der Waals surface area contributed by atoms with Gasteiger partial charge in [-0.3, -0.25) is 9.59 Å². The van der Waals surface area contributed by atoms with E-state index in [0.29, 0.717) is 10.9 Å². The van der Waals surface area contributed by atoms with E-state index in [1.807, 2.05) is 13.8 Å². The van der Waals surface area contributed by atoms with Crippen LogP contribution >= 0.6 is 11.8 Å². The Morgan fingerprint density at radius 2 is 2.35 bits per heavy atom. The Kier molecular flexibility index (Phi) is 5.21. The van der Waals surface area contributed by atoms with Crippen LogP contribution in [0.15, 0.2) is 16.0 Å². The summed E-state index contributed by atoms with van der Waals surface area (Å²) < 4.78 is 0. The van der Waals surface area contributed by atoms with Gasteiger partial charge in [0.2, 0.25) is 5.91 Å². The highest BCUT2D eigenvalue weighted by Crippen LogP contribution is 2.10. The second-order valence-corrected chi connectivity index (χ2v) is 4.82. The third-order valence-corrected chi connectivity index (χ3v) is 3.08. The number of carbonyl (C=O) groups excluding carboxylic acids is 1. The topological polar surface area (TPSA) is 74.8 Å². The van der Waals surface area contributed by atoms with E-state index >= 15 is 0 Å². The SMILES string of the molecule is CCC(C)NC(=O)CSc1nc(C)cc(=O)[nH]1. The number of hydrogen-bond donors (Lipinski definition) is 2. The summed E-state index contributed by atoms with van der Waals surface area (Å²) in [6, 6.07) is 1.59. The molecule has 5 nitrogen and oxygen atoms in total. The number of thioether (sulfide) groups is 1. The fourth-order valence-electron chi connectivity index (χ4n) is 1.17. The summed E-state index contributed by atoms with van der Waals surface area (Å²) in [5.41, 5.74) is 0.459. The lowest BCUT2D eigenvalue weighted by atomic mass is 10.3. The van der Waals surface area contributed by atoms with Crippen molar-refractivity contribution in [1.29, 1.82) is 0 Å². The zero-order chi connectivity index (χ0) is 12.8. The number of nitrogens with one attached hydrogen (secondary N) is 2. The molecule has 0 aromatic carbocycles. The van der Waals surface area contributed by atoms with E-state index in [0.717, 1.165) is 6.42 Å². The molecule has 1 aromatic heterocycles. The van der Waals surface area contributed by atoms with Crippen LogP contribution in [0.1, 0.15) is 26.0 Å². The molecular weight excluding hydrogens is 238 g/mol. The number of amides is 1. The molecule has 0 aliphatic rings. The molecule has 1 aromatic rings. The highest BCUT2D eigenvalue weighted by molar-refractivity contribution is 7.99. The molecule has 0 aliphatic heterocycles. The van der Waals surface area contributed by atoms with Crippen molar-refractivity contribution in [2.45, 2.75) is 38.4 Å². The lowest BCUT2D eigenvalue weighted by molar-refractivity contribution is -0.119. The molecule has 0 spiro atoms. The Morgan fingerprint density at radius 1 is 1.65 bits per heavy atom. The van der Waals surface area contributed by atoms with Gasteiger partial charge in [-0.25, -0.2) is 4.98 Å². The zero-order valence-electron chi connectivity index (χ0n) is 10.2. The van der Waals surface area contributed by atoms with Crippen LogP contribution in [0.2, 0.25) is 0 Å². The van der Waals surface area contributed by atoms with E-state index in [2.05, 4.69) is 15.3 Å². The second-order valence-electron chi connectivity index (χ2n) is 3.86. The van der Waals surface area contributed by atoms with E-state index in [9.17, 15) is 9.59 Å². The molecule has 1 heterocycles. The molecule has 1 amide bonds. The lowest BCUT2D eigenvalue weighted by Gasteiger charge is -2.10. The molecule has 94 valence electrons. The van der Waals surface area contributed by atoms with Gasteiger partial charge in [-0.1, -0.05) is 18.7 Å². The fraction of sp³-hybridized carbons (Fsp3) is 0.545. The van der Waals surface area contributed by atoms with Crippen LogP contribution in [0.3, 0.4) is 0 Å². The summed E-state index contributed by atoms with van der Waals surface area (Å²) in [6.45, 7) is 5.71. The summed E-state index contributed by atoms with van der Waals surface area (Å²) in [6.07, 6.45) is 0.899. The highest BCUT2D eigenvalue weighted by atomic mass is 32.2. The molecule has 0 fully saturated rings. The lowest BCUT2D eigenvalue weighted by Crippen LogP contribution is -2.33. The molecule has 2 N–H and O–H groups in total. The Balaban J connectivity index is 2.50. The number of H-pyrrole nitrogens is 1. The normalized spacial score (nSPS) is 12.2. The minimum atomic E-state index is -0.192. The predicted octanol–water partition coefficient (Wildman–Crippen LogP) is 1.09. The van der Waals surface area contributed by atoms with Gasteiger partial charge in [0.15, 0.2) is 5.16 Å². The van der Waals surface area contributed by atoms with Crippen LogP contribution in [0, 0.1) is 6.92 Å². The molecule has 1 rings (SSSR count). The van der Waals surface area contributed by atoms with Crippen LogP contribution in [0.25, 0.3) is 0 Å². The average molecular weight is 255 g/mol. The minimum absolute atomic E-state index is 0.0477. The van der Waals surface area contributed by atoms with Gasteiger partial charge in [0.1, 0.15) is 0 Å². The van der Waals surface area contributed by atoms with E-state index in [4.69, 9.17) is 0 Å². The molecule has 1 atom stereocenters. The molecule has 0 aliphatic carbocycles. The molecule has 0 saturated carbocycles. The van der Waals surface area contributed by atoms with E-state index < -0.39 is 0 Å². The first-order valence-corrected chi connectivity index (χ1v) is 6.50. The molecular formula is C11H17N3O2S. The first kappa shape index (κ1) is 13.8. The van der Waals surface area contributed by atoms with Crippen LogP contribution < -0.4 is 10.9 Å². The van der Waals surface area contributed by atoms with E-state index in [1.54, 1.807) is 6.92 Å². The molecule has 6 heteroatoms. The van der Waals surface area contributed by atoms with Crippen molar-refractivity contribution in [3.8, 4) is 0 Å². The number of aromatic amines is 1. The van der Waals surface area contributed by atoms with Gasteiger partial charge >= 0.3 is 0 Å². The molecule has 0 bridgehead atoms. The van der Waals surface area contributed by atoms with Crippen molar-refractivity contribution < 1.29 is 4.79 Å². The average Bonchev–Trinajstić information content (AvgIpc) is 2.25. The van der Waals surface area contributed by atoms with Gasteiger partial charge in [0, 0.05) is 17.8 Å². The Labute approximate surface area is 104 Å². The first-order valence-electron chi connectivity index (χ1n) is 5.51. The number of nitrogens with zero attached hydrogens (tertiary/aromatic N) is 1. The maximum atomic E-state index is 11.5. The number of aryl methyl sites for hydroxylation is 1. The Hall–Kier alpha value is -1.30. The van der Waals surface area contributed by atoms with E-state index in [1.165, 1.54) is 17.8 Å². The minimum Gasteiger partial charge on any atom is -0.353 e. The number of carbonyl (C=O) groups is 1. The smallest absolute Gasteiger partial charge is 0.251 e. The summed E-state index contributed by atoms with van der Waals surface area (Å²) >= 11 is 1.23. The third-order valence-electron chi connectivity index (χ3n) is 2.21. The quantitative estimate of drug-likeness (QED) is 0.610. The Morgan fingerprint density at radius 3 is 2.94 bits per heavy atom. The van der Waals surface area contributed by atoms with Crippen molar-refractivity contribution in [3.05, 3.63) is 22.1 Å². The maximum absolute atomic E-state index is 11.5. The van der Waals surface area contributed by atoms with Crippen molar-refractivity contribution in [1.82, 2.24) is 15.3 Å². The van der Waals surface area contributed by atoms with Crippen LogP contribution in [-0.2, 0) is 4.79 Å². The zero-order valence-corrected chi connectivity index (χ0v) is 11.1. The summed E-state index contributed by atoms with van der Waals surface area (Å²) in [5.74, 6) is 0.213. The highest BCUT2D eigenvalue weighted by Gasteiger charge is 2.07. The van der Waals surface area contributed by atoms with E-state index in [-0.39, 0.29) is 23.3 Å². The van der Waals surface area contributed by atoms with Crippen molar-refractivity contribution in [2.75, 3.05) is 5.75 Å². The maximum Gasteiger partial charge on any atom is 0.251 e. The van der Waals surface area contributed by atoms with Gasteiger partial charge in [0.25, 0.3) is 5.56 Å². The van der Waals surface area contributed by atoms with Crippen molar-refractivity contribution in [2.24, 2.45) is 0 Å². The van der Waals surface area contributed by atoms with Gasteiger partial charge in [-0.15, -0.1) is 0 Å². The monoisotopic (exact) mass is 255 g/mol. The largest absolute Gasteiger partial charge is 0.353 e. The fourth-order valence-corrected chi connectivity index (χ4v) is 1.90. The Bertz CT molecular complexity index is 445. The van der Waals surface area contributed by atoms with Gasteiger partial charge in [0.05, 0.1) is 5.75 Å². The van der Waals surface area contributed by atoms with Crippen molar-refractivity contribution in [3.63, 3.8) is 0 Å². The number of aromatic nitrogens is 2. The van der Waals surface area contributed by atoms with Gasteiger partial charge < -0.3 is 10.3 Å². The standard InChI is InChI=1S/C11H17N3O2S/c1-4-7(2)12-10(16)6-17-11-13-8(3)5-9(15)14-11/h5,7H,4,6H2,1-3H3,(H,12,16)(H,13,14,15). The summed E-state index contributed by atoms with van der Waals surface area (Å²) in [5, 5.41) is 3.33. The first-order chi connectivity index (χ1) is 8.01. The van der Waals surface area contributed by atoms with Gasteiger partial charge in [-0.05, 0) is 20.3 Å². The number of hydrogen-bond acceptors (Lipinski definition) is 4. The van der Waals surface area contributed by atoms with Crippen LogP contribution in [-0.4, -0.2) is 27.7 Å². The van der Waals surface area contributed by atoms with Crippen LogP contribution in [0.4, 0.5) is 0 Å². The third kappa shape index (κ3) is 5.04. The predicted molar refractivity (Wildman–Crippen MR) is 68.2 cm³/mol. The number of rotatable bonds is 5. The van der Waals surface area contributed by atoms with Gasteiger partial charge in [-0.2, -0.15) is 0 Å². The molecule has 0 saturated heterocycles. The molecule has 17 heavy (non-hydrogen) atoms. The summed E-state index contributed by atoms with van der Waals surface area (Å²) in [4.78, 5) is 29.4. The molecule has 1 unspecified atom stereocenters. The van der Waals surface area contributed by atoms with Crippen LogP contribution in [0.5, 0.6) is 0 Å². The van der Waals surface area contributed by atoms with Crippen molar-refractivity contribution >= 4 is 17.7 Å². The second kappa shape index (κ2) is 6.44.